The Labute approximate surface area is 144 Å². The van der Waals surface area contributed by atoms with E-state index in [0.29, 0.717) is 17.4 Å². The lowest BCUT2D eigenvalue weighted by molar-refractivity contribution is -0.124. The predicted molar refractivity (Wildman–Crippen MR) is 93.7 cm³/mol. The fourth-order valence-corrected chi connectivity index (χ4v) is 3.54. The van der Waals surface area contributed by atoms with E-state index in [9.17, 15) is 9.59 Å². The number of aryl methyl sites for hydroxylation is 1. The molecule has 1 aromatic heterocycles. The van der Waals surface area contributed by atoms with Crippen LogP contribution < -0.4 is 14.5 Å². The predicted octanol–water partition coefficient (Wildman–Crippen LogP) is 2.48. The fourth-order valence-electron chi connectivity index (χ4n) is 2.76. The molecule has 6 nitrogen and oxygen atoms in total. The summed E-state index contributed by atoms with van der Waals surface area (Å²) in [5.41, 5.74) is 1.64. The Kier molecular flexibility index (Phi) is 4.53. The van der Waals surface area contributed by atoms with Crippen molar-refractivity contribution in [3.63, 3.8) is 0 Å². The van der Waals surface area contributed by atoms with Crippen LogP contribution >= 0.6 is 11.3 Å². The van der Waals surface area contributed by atoms with Crippen LogP contribution in [0.25, 0.3) is 0 Å². The maximum atomic E-state index is 12.7. The summed E-state index contributed by atoms with van der Waals surface area (Å²) in [5, 5.41) is 2.56. The highest BCUT2D eigenvalue weighted by Crippen LogP contribution is 2.30. The molecule has 2 heterocycles. The van der Waals surface area contributed by atoms with Crippen LogP contribution in [0.4, 0.5) is 10.8 Å². The fraction of sp³-hybridized carbons (Fsp3) is 0.353. The first-order valence-corrected chi connectivity index (χ1v) is 8.51. The van der Waals surface area contributed by atoms with Crippen LogP contribution in [0.5, 0.6) is 5.75 Å². The van der Waals surface area contributed by atoms with Gasteiger partial charge in [-0.3, -0.25) is 14.5 Å². The summed E-state index contributed by atoms with van der Waals surface area (Å²) in [6.45, 7) is 2.27. The number of ether oxygens (including phenoxy) is 1. The molecular weight excluding hydrogens is 326 g/mol. The average molecular weight is 345 g/mol. The third kappa shape index (κ3) is 3.12. The van der Waals surface area contributed by atoms with Gasteiger partial charge in [-0.1, -0.05) is 6.07 Å². The van der Waals surface area contributed by atoms with Gasteiger partial charge in [-0.25, -0.2) is 4.98 Å². The van der Waals surface area contributed by atoms with Crippen LogP contribution in [0.15, 0.2) is 29.6 Å². The molecule has 1 fully saturated rings. The maximum absolute atomic E-state index is 12.7. The first kappa shape index (κ1) is 16.4. The molecule has 0 radical (unpaired) electrons. The number of benzene rings is 1. The minimum absolute atomic E-state index is 0.0506. The summed E-state index contributed by atoms with van der Waals surface area (Å²) in [4.78, 5) is 32.6. The molecule has 1 aliphatic rings. The van der Waals surface area contributed by atoms with Crippen LogP contribution in [-0.4, -0.2) is 37.5 Å². The van der Waals surface area contributed by atoms with Gasteiger partial charge in [0.25, 0.3) is 0 Å². The lowest BCUT2D eigenvalue weighted by Gasteiger charge is -2.20. The number of carbonyl (C=O) groups is 2. The van der Waals surface area contributed by atoms with E-state index in [0.717, 1.165) is 11.4 Å². The van der Waals surface area contributed by atoms with Crippen molar-refractivity contribution in [1.82, 2.24) is 4.98 Å². The highest BCUT2D eigenvalue weighted by Gasteiger charge is 2.37. The molecule has 7 heteroatoms. The van der Waals surface area contributed by atoms with Crippen LogP contribution in [0.3, 0.4) is 0 Å². The molecule has 1 aromatic carbocycles. The molecule has 0 aliphatic carbocycles. The molecule has 126 valence electrons. The molecule has 24 heavy (non-hydrogen) atoms. The third-order valence-corrected chi connectivity index (χ3v) is 5.10. The Morgan fingerprint density at radius 1 is 1.46 bits per heavy atom. The summed E-state index contributed by atoms with van der Waals surface area (Å²) >= 11 is 1.43. The minimum Gasteiger partial charge on any atom is -0.497 e. The Hall–Kier alpha value is -2.41. The van der Waals surface area contributed by atoms with Crippen LogP contribution in [0.1, 0.15) is 12.1 Å². The molecule has 1 saturated heterocycles. The number of rotatable bonds is 4. The van der Waals surface area contributed by atoms with E-state index in [1.165, 1.54) is 11.3 Å². The van der Waals surface area contributed by atoms with Crippen LogP contribution in [-0.2, 0) is 9.59 Å². The average Bonchev–Trinajstić information content (AvgIpc) is 3.19. The van der Waals surface area contributed by atoms with Crippen molar-refractivity contribution in [2.45, 2.75) is 13.3 Å². The summed E-state index contributed by atoms with van der Waals surface area (Å²) in [7, 11) is 3.29. The van der Waals surface area contributed by atoms with E-state index in [4.69, 9.17) is 4.74 Å². The number of hydrogen-bond acceptors (Lipinski definition) is 5. The van der Waals surface area contributed by atoms with Crippen molar-refractivity contribution >= 4 is 34.0 Å². The van der Waals surface area contributed by atoms with E-state index in [2.05, 4.69) is 4.98 Å². The summed E-state index contributed by atoms with van der Waals surface area (Å²) < 4.78 is 5.20. The number of thiazole rings is 1. The van der Waals surface area contributed by atoms with Crippen molar-refractivity contribution in [2.75, 3.05) is 30.5 Å². The van der Waals surface area contributed by atoms with Gasteiger partial charge in [0.2, 0.25) is 11.8 Å². The number of anilines is 2. The standard InChI is InChI=1S/C17H19N3O3S/c1-11-10-24-17(18-11)19(2)16(22)12-7-15(21)20(9-12)13-5-4-6-14(8-13)23-3/h4-6,8,10,12H,7,9H2,1-3H3/t12-/m1/s1. The molecule has 0 N–H and O–H groups in total. The summed E-state index contributed by atoms with van der Waals surface area (Å²) in [5.74, 6) is 0.191. The lowest BCUT2D eigenvalue weighted by Crippen LogP contribution is -2.34. The molecule has 0 bridgehead atoms. The zero-order valence-electron chi connectivity index (χ0n) is 13.9. The van der Waals surface area contributed by atoms with Crippen LogP contribution in [0.2, 0.25) is 0 Å². The zero-order valence-corrected chi connectivity index (χ0v) is 14.7. The third-order valence-electron chi connectivity index (χ3n) is 4.06. The van der Waals surface area contributed by atoms with E-state index in [1.807, 2.05) is 30.5 Å². The van der Waals surface area contributed by atoms with E-state index >= 15 is 0 Å². The topological polar surface area (TPSA) is 62.7 Å². The van der Waals surface area contributed by atoms with Gasteiger partial charge in [-0.05, 0) is 19.1 Å². The lowest BCUT2D eigenvalue weighted by atomic mass is 10.1. The van der Waals surface area contributed by atoms with Crippen molar-refractivity contribution < 1.29 is 14.3 Å². The van der Waals surface area contributed by atoms with Gasteiger partial charge >= 0.3 is 0 Å². The molecule has 3 rings (SSSR count). The second-order valence-corrected chi connectivity index (χ2v) is 6.61. The van der Waals surface area contributed by atoms with Gasteiger partial charge in [0.05, 0.1) is 18.7 Å². The summed E-state index contributed by atoms with van der Waals surface area (Å²) in [6, 6.07) is 7.31. The molecule has 1 aliphatic heterocycles. The zero-order chi connectivity index (χ0) is 17.3. The van der Waals surface area contributed by atoms with Gasteiger partial charge in [0.1, 0.15) is 5.75 Å². The second kappa shape index (κ2) is 6.60. The van der Waals surface area contributed by atoms with Crippen molar-refractivity contribution in [3.8, 4) is 5.75 Å². The van der Waals surface area contributed by atoms with Gasteiger partial charge in [0.15, 0.2) is 5.13 Å². The van der Waals surface area contributed by atoms with E-state index < -0.39 is 0 Å². The van der Waals surface area contributed by atoms with Crippen molar-refractivity contribution in [1.29, 1.82) is 0 Å². The summed E-state index contributed by atoms with van der Waals surface area (Å²) in [6.07, 6.45) is 0.213. The Balaban J connectivity index is 1.75. The number of amides is 2. The highest BCUT2D eigenvalue weighted by atomic mass is 32.1. The molecule has 0 unspecified atom stereocenters. The first-order valence-electron chi connectivity index (χ1n) is 7.63. The van der Waals surface area contributed by atoms with E-state index in [1.54, 1.807) is 30.0 Å². The smallest absolute Gasteiger partial charge is 0.233 e. The maximum Gasteiger partial charge on any atom is 0.233 e. The van der Waals surface area contributed by atoms with Crippen LogP contribution in [0, 0.1) is 12.8 Å². The van der Waals surface area contributed by atoms with Gasteiger partial charge in [0, 0.05) is 37.1 Å². The highest BCUT2D eigenvalue weighted by molar-refractivity contribution is 7.14. The monoisotopic (exact) mass is 345 g/mol. The molecule has 0 spiro atoms. The number of nitrogens with zero attached hydrogens (tertiary/aromatic N) is 3. The molecule has 0 saturated carbocycles. The first-order chi connectivity index (χ1) is 11.5. The second-order valence-electron chi connectivity index (χ2n) is 5.78. The van der Waals surface area contributed by atoms with Crippen molar-refractivity contribution in [3.05, 3.63) is 35.3 Å². The normalized spacial score (nSPS) is 17.2. The SMILES string of the molecule is COc1cccc(N2C[C@H](C(=O)N(C)c3nc(C)cs3)CC2=O)c1. The molecule has 2 aromatic rings. The van der Waals surface area contributed by atoms with Gasteiger partial charge < -0.3 is 9.64 Å². The largest absolute Gasteiger partial charge is 0.497 e. The Bertz CT molecular complexity index is 774. The molecule has 2 amide bonds. The quantitative estimate of drug-likeness (QED) is 0.854. The molecule has 1 atom stereocenters. The number of hydrogen-bond donors (Lipinski definition) is 0. The Morgan fingerprint density at radius 2 is 2.25 bits per heavy atom. The minimum atomic E-state index is -0.363. The number of carbonyl (C=O) groups excluding carboxylic acids is 2. The number of methoxy groups -OCH3 is 1. The van der Waals surface area contributed by atoms with Crippen molar-refractivity contribution in [2.24, 2.45) is 5.92 Å². The van der Waals surface area contributed by atoms with Gasteiger partial charge in [-0.15, -0.1) is 11.3 Å². The molecular formula is C17H19N3O3S. The number of aromatic nitrogens is 1. The van der Waals surface area contributed by atoms with E-state index in [-0.39, 0.29) is 24.2 Å². The Morgan fingerprint density at radius 3 is 2.92 bits per heavy atom. The van der Waals surface area contributed by atoms with Gasteiger partial charge in [-0.2, -0.15) is 0 Å².